The van der Waals surface area contributed by atoms with E-state index >= 15 is 0 Å². The lowest BCUT2D eigenvalue weighted by Gasteiger charge is -2.23. The van der Waals surface area contributed by atoms with Gasteiger partial charge in [-0.2, -0.15) is 4.31 Å². The monoisotopic (exact) mass is 396 g/mol. The Morgan fingerprint density at radius 1 is 1.39 bits per heavy atom. The van der Waals surface area contributed by atoms with Gasteiger partial charge in [0.05, 0.1) is 4.90 Å². The molecule has 1 aromatic carbocycles. The lowest BCUT2D eigenvalue weighted by atomic mass is 10.2. The molecule has 1 atom stereocenters. The summed E-state index contributed by atoms with van der Waals surface area (Å²) in [6.07, 6.45) is 1.71. The molecule has 1 aliphatic heterocycles. The third-order valence-electron chi connectivity index (χ3n) is 3.08. The van der Waals surface area contributed by atoms with Crippen molar-refractivity contribution in [3.63, 3.8) is 0 Å². The third-order valence-corrected chi connectivity index (χ3v) is 6.50. The fourth-order valence-electron chi connectivity index (χ4n) is 2.17. The Kier molecular flexibility index (Phi) is 4.48. The number of nitrogens with two attached hydrogens (primary N) is 1. The van der Waals surface area contributed by atoms with E-state index in [2.05, 4.69) is 31.9 Å². The summed E-state index contributed by atoms with van der Waals surface area (Å²) in [6, 6.07) is 4.99. The van der Waals surface area contributed by atoms with Gasteiger partial charge >= 0.3 is 0 Å². The van der Waals surface area contributed by atoms with Gasteiger partial charge in [0.25, 0.3) is 0 Å². The predicted molar refractivity (Wildman–Crippen MR) is 77.8 cm³/mol. The molecular weight excluding hydrogens is 384 g/mol. The number of sulfonamides is 1. The fraction of sp³-hybridized carbons (Fsp3) is 0.455. The second-order valence-corrected chi connectivity index (χ2v) is 7.85. The van der Waals surface area contributed by atoms with Crippen LogP contribution in [-0.2, 0) is 10.0 Å². The first-order chi connectivity index (χ1) is 8.46. The van der Waals surface area contributed by atoms with E-state index in [1.807, 2.05) is 0 Å². The zero-order chi connectivity index (χ0) is 13.3. The van der Waals surface area contributed by atoms with Crippen LogP contribution in [0.3, 0.4) is 0 Å². The van der Waals surface area contributed by atoms with Crippen LogP contribution in [0.4, 0.5) is 0 Å². The summed E-state index contributed by atoms with van der Waals surface area (Å²) < 4.78 is 28.0. The Morgan fingerprint density at radius 2 is 2.11 bits per heavy atom. The Morgan fingerprint density at radius 3 is 2.72 bits per heavy atom. The van der Waals surface area contributed by atoms with Crippen molar-refractivity contribution in [2.24, 2.45) is 5.73 Å². The van der Waals surface area contributed by atoms with Gasteiger partial charge in [-0.05, 0) is 47.0 Å². The standard InChI is InChI=1S/C11H14Br2N2O2S/c12-8-3-4-11(10(13)6-8)18(16,17)15-5-1-2-9(15)7-14/h3-4,6,9H,1-2,5,7,14H2. The van der Waals surface area contributed by atoms with Crippen LogP contribution in [0.5, 0.6) is 0 Å². The highest BCUT2D eigenvalue weighted by atomic mass is 79.9. The minimum Gasteiger partial charge on any atom is -0.329 e. The van der Waals surface area contributed by atoms with Gasteiger partial charge in [-0.15, -0.1) is 0 Å². The number of halogens is 2. The van der Waals surface area contributed by atoms with E-state index in [-0.39, 0.29) is 6.04 Å². The molecule has 1 fully saturated rings. The summed E-state index contributed by atoms with van der Waals surface area (Å²) in [7, 11) is -3.46. The van der Waals surface area contributed by atoms with Gasteiger partial charge in [-0.25, -0.2) is 8.42 Å². The second kappa shape index (κ2) is 5.58. The zero-order valence-electron chi connectivity index (χ0n) is 9.64. The van der Waals surface area contributed by atoms with Crippen molar-refractivity contribution in [2.45, 2.75) is 23.8 Å². The number of hydrogen-bond acceptors (Lipinski definition) is 3. The molecule has 2 N–H and O–H groups in total. The van der Waals surface area contributed by atoms with E-state index in [4.69, 9.17) is 5.73 Å². The first-order valence-corrected chi connectivity index (χ1v) is 8.66. The summed E-state index contributed by atoms with van der Waals surface area (Å²) >= 11 is 6.62. The minimum absolute atomic E-state index is 0.0782. The number of nitrogens with zero attached hydrogens (tertiary/aromatic N) is 1. The summed E-state index contributed by atoms with van der Waals surface area (Å²) in [5.41, 5.74) is 5.64. The van der Waals surface area contributed by atoms with Crippen molar-refractivity contribution in [3.05, 3.63) is 27.1 Å². The molecule has 1 aliphatic rings. The average molecular weight is 398 g/mol. The number of rotatable bonds is 3. The maximum atomic E-state index is 12.6. The summed E-state index contributed by atoms with van der Waals surface area (Å²) in [6.45, 7) is 0.917. The van der Waals surface area contributed by atoms with Gasteiger partial charge in [-0.3, -0.25) is 0 Å². The molecule has 4 nitrogen and oxygen atoms in total. The Hall–Kier alpha value is 0.0500. The highest BCUT2D eigenvalue weighted by Crippen LogP contribution is 2.31. The third kappa shape index (κ3) is 2.65. The first-order valence-electron chi connectivity index (χ1n) is 5.64. The van der Waals surface area contributed by atoms with Crippen molar-refractivity contribution in [2.75, 3.05) is 13.1 Å². The predicted octanol–water partition coefficient (Wildman–Crippen LogP) is 2.32. The molecule has 1 saturated heterocycles. The molecular formula is C11H14Br2N2O2S. The first kappa shape index (κ1) is 14.5. The molecule has 2 rings (SSSR count). The SMILES string of the molecule is NCC1CCCN1S(=O)(=O)c1ccc(Br)cc1Br. The van der Waals surface area contributed by atoms with Crippen molar-refractivity contribution >= 4 is 41.9 Å². The van der Waals surface area contributed by atoms with Crippen LogP contribution in [0.1, 0.15) is 12.8 Å². The smallest absolute Gasteiger partial charge is 0.244 e. The van der Waals surface area contributed by atoms with E-state index < -0.39 is 10.0 Å². The molecule has 0 bridgehead atoms. The van der Waals surface area contributed by atoms with Crippen LogP contribution in [0.15, 0.2) is 32.0 Å². The lowest BCUT2D eigenvalue weighted by Crippen LogP contribution is -2.39. The molecule has 1 unspecified atom stereocenters. The van der Waals surface area contributed by atoms with Crippen LogP contribution < -0.4 is 5.73 Å². The van der Waals surface area contributed by atoms with E-state index in [0.29, 0.717) is 22.5 Å². The molecule has 0 aliphatic carbocycles. The zero-order valence-corrected chi connectivity index (χ0v) is 13.6. The molecule has 1 heterocycles. The quantitative estimate of drug-likeness (QED) is 0.851. The van der Waals surface area contributed by atoms with E-state index in [1.54, 1.807) is 18.2 Å². The van der Waals surface area contributed by atoms with Gasteiger partial charge in [0.1, 0.15) is 0 Å². The molecule has 7 heteroatoms. The molecule has 0 saturated carbocycles. The van der Waals surface area contributed by atoms with Gasteiger partial charge in [0.15, 0.2) is 0 Å². The highest BCUT2D eigenvalue weighted by Gasteiger charge is 2.35. The van der Waals surface area contributed by atoms with E-state index in [0.717, 1.165) is 17.3 Å². The van der Waals surface area contributed by atoms with Crippen LogP contribution in [0, 0.1) is 0 Å². The number of hydrogen-bond donors (Lipinski definition) is 1. The van der Waals surface area contributed by atoms with Crippen LogP contribution >= 0.6 is 31.9 Å². The molecule has 1 aromatic rings. The minimum atomic E-state index is -3.46. The maximum Gasteiger partial charge on any atom is 0.244 e. The Bertz CT molecular complexity index is 548. The normalized spacial score (nSPS) is 21.4. The fourth-order valence-corrected chi connectivity index (χ4v) is 5.58. The maximum absolute atomic E-state index is 12.6. The van der Waals surface area contributed by atoms with E-state index in [9.17, 15) is 8.42 Å². The molecule has 0 spiro atoms. The van der Waals surface area contributed by atoms with Crippen LogP contribution in [0.2, 0.25) is 0 Å². The van der Waals surface area contributed by atoms with Gasteiger partial charge in [0, 0.05) is 28.1 Å². The van der Waals surface area contributed by atoms with Gasteiger partial charge in [0.2, 0.25) is 10.0 Å². The molecule has 0 aromatic heterocycles. The largest absolute Gasteiger partial charge is 0.329 e. The van der Waals surface area contributed by atoms with Crippen molar-refractivity contribution in [1.29, 1.82) is 0 Å². The lowest BCUT2D eigenvalue weighted by molar-refractivity contribution is 0.393. The van der Waals surface area contributed by atoms with E-state index in [1.165, 1.54) is 4.31 Å². The summed E-state index contributed by atoms with van der Waals surface area (Å²) in [5, 5.41) is 0. The van der Waals surface area contributed by atoms with Crippen LogP contribution in [-0.4, -0.2) is 31.9 Å². The summed E-state index contributed by atoms with van der Waals surface area (Å²) in [5.74, 6) is 0. The van der Waals surface area contributed by atoms with Crippen LogP contribution in [0.25, 0.3) is 0 Å². The van der Waals surface area contributed by atoms with Crippen molar-refractivity contribution in [1.82, 2.24) is 4.31 Å². The average Bonchev–Trinajstić information content (AvgIpc) is 2.76. The van der Waals surface area contributed by atoms with Crippen molar-refractivity contribution < 1.29 is 8.42 Å². The molecule has 100 valence electrons. The Labute approximate surface area is 124 Å². The molecule has 0 amide bonds. The number of benzene rings is 1. The van der Waals surface area contributed by atoms with Gasteiger partial charge in [-0.1, -0.05) is 15.9 Å². The molecule has 18 heavy (non-hydrogen) atoms. The Balaban J connectivity index is 2.42. The van der Waals surface area contributed by atoms with Gasteiger partial charge < -0.3 is 5.73 Å². The summed E-state index contributed by atoms with van der Waals surface area (Å²) in [4.78, 5) is 0.297. The molecule has 0 radical (unpaired) electrons. The topological polar surface area (TPSA) is 63.4 Å². The highest BCUT2D eigenvalue weighted by molar-refractivity contribution is 9.11. The second-order valence-electron chi connectivity index (χ2n) is 4.22. The van der Waals surface area contributed by atoms with Crippen molar-refractivity contribution in [3.8, 4) is 0 Å².